The first-order chi connectivity index (χ1) is 13.9. The minimum atomic E-state index is -3.56. The number of aromatic nitrogens is 1. The normalized spacial score (nSPS) is 17.9. The van der Waals surface area contributed by atoms with Crippen LogP contribution in [0.4, 0.5) is 4.39 Å². The molecule has 1 N–H and O–H groups in total. The summed E-state index contributed by atoms with van der Waals surface area (Å²) < 4.78 is 46.2. The zero-order valence-corrected chi connectivity index (χ0v) is 17.2. The Morgan fingerprint density at radius 2 is 2.03 bits per heavy atom. The summed E-state index contributed by atoms with van der Waals surface area (Å²) in [5, 5.41) is 5.38. The molecular formula is C20H21ClFN3O3S. The summed E-state index contributed by atoms with van der Waals surface area (Å²) in [4.78, 5) is 2.45. The highest BCUT2D eigenvalue weighted by atomic mass is 35.5. The average Bonchev–Trinajstić information content (AvgIpc) is 3.28. The maximum atomic E-state index is 13.2. The SMILES string of the molecule is O=S(=O)(NC1CCN(CCCc2noc3cc(F)ccc23)C1)c1ccc(Cl)cc1. The third kappa shape index (κ3) is 4.78. The van der Waals surface area contributed by atoms with Crippen LogP contribution in [0.5, 0.6) is 0 Å². The van der Waals surface area contributed by atoms with Crippen LogP contribution in [0.3, 0.4) is 0 Å². The second kappa shape index (κ2) is 8.39. The van der Waals surface area contributed by atoms with Crippen molar-refractivity contribution in [2.24, 2.45) is 0 Å². The molecule has 4 rings (SSSR count). The molecule has 0 amide bonds. The summed E-state index contributed by atoms with van der Waals surface area (Å²) in [7, 11) is -3.56. The van der Waals surface area contributed by atoms with Gasteiger partial charge in [-0.15, -0.1) is 0 Å². The quantitative estimate of drug-likeness (QED) is 0.611. The van der Waals surface area contributed by atoms with Gasteiger partial charge in [0.1, 0.15) is 5.82 Å². The molecule has 1 aromatic heterocycles. The molecule has 3 aromatic rings. The second-order valence-electron chi connectivity index (χ2n) is 7.23. The van der Waals surface area contributed by atoms with Crippen LogP contribution in [0.2, 0.25) is 5.02 Å². The van der Waals surface area contributed by atoms with Gasteiger partial charge in [-0.2, -0.15) is 0 Å². The lowest BCUT2D eigenvalue weighted by Crippen LogP contribution is -2.37. The van der Waals surface area contributed by atoms with E-state index in [2.05, 4.69) is 14.8 Å². The van der Waals surface area contributed by atoms with Crippen molar-refractivity contribution >= 4 is 32.6 Å². The number of halogens is 2. The maximum absolute atomic E-state index is 13.2. The lowest BCUT2D eigenvalue weighted by Gasteiger charge is -2.16. The molecule has 29 heavy (non-hydrogen) atoms. The predicted octanol–water partition coefficient (Wildman–Crippen LogP) is 3.61. The number of aryl methyl sites for hydroxylation is 1. The summed E-state index contributed by atoms with van der Waals surface area (Å²) in [6.45, 7) is 2.32. The average molecular weight is 438 g/mol. The van der Waals surface area contributed by atoms with E-state index in [0.29, 0.717) is 17.2 Å². The van der Waals surface area contributed by atoms with Crippen LogP contribution < -0.4 is 4.72 Å². The molecule has 2 heterocycles. The molecular weight excluding hydrogens is 417 g/mol. The van der Waals surface area contributed by atoms with Crippen molar-refractivity contribution in [3.8, 4) is 0 Å². The Morgan fingerprint density at radius 3 is 2.83 bits per heavy atom. The Balaban J connectivity index is 1.28. The molecule has 6 nitrogen and oxygen atoms in total. The van der Waals surface area contributed by atoms with E-state index in [0.717, 1.165) is 43.4 Å². The number of hydrogen-bond acceptors (Lipinski definition) is 5. The number of fused-ring (bicyclic) bond motifs is 1. The van der Waals surface area contributed by atoms with E-state index in [4.69, 9.17) is 16.1 Å². The van der Waals surface area contributed by atoms with Gasteiger partial charge in [-0.1, -0.05) is 16.8 Å². The van der Waals surface area contributed by atoms with Crippen molar-refractivity contribution in [3.05, 3.63) is 59.0 Å². The standard InChI is InChI=1S/C20H21ClFN3O3S/c21-14-3-6-17(7-4-14)29(26,27)24-16-9-11-25(13-16)10-1-2-19-18-8-5-15(22)12-20(18)28-23-19/h3-8,12,16,24H,1-2,9-11,13H2. The molecule has 1 aliphatic rings. The molecule has 1 atom stereocenters. The van der Waals surface area contributed by atoms with Crippen LogP contribution in [0.25, 0.3) is 11.0 Å². The molecule has 1 saturated heterocycles. The minimum Gasteiger partial charge on any atom is -0.356 e. The zero-order chi connectivity index (χ0) is 20.4. The fraction of sp³-hybridized carbons (Fsp3) is 0.350. The van der Waals surface area contributed by atoms with E-state index in [9.17, 15) is 12.8 Å². The smallest absolute Gasteiger partial charge is 0.240 e. The van der Waals surface area contributed by atoms with E-state index in [1.54, 1.807) is 18.2 Å². The molecule has 2 aromatic carbocycles. The number of nitrogens with zero attached hydrogens (tertiary/aromatic N) is 2. The minimum absolute atomic E-state index is 0.119. The van der Waals surface area contributed by atoms with Crippen molar-refractivity contribution in [1.82, 2.24) is 14.8 Å². The molecule has 154 valence electrons. The molecule has 0 spiro atoms. The maximum Gasteiger partial charge on any atom is 0.240 e. The van der Waals surface area contributed by atoms with Crippen molar-refractivity contribution in [3.63, 3.8) is 0 Å². The Kier molecular flexibility index (Phi) is 5.87. The van der Waals surface area contributed by atoms with Gasteiger partial charge in [-0.3, -0.25) is 0 Å². The molecule has 0 saturated carbocycles. The van der Waals surface area contributed by atoms with Gasteiger partial charge in [-0.05, 0) is 68.8 Å². The lowest BCUT2D eigenvalue weighted by molar-refractivity contribution is 0.326. The van der Waals surface area contributed by atoms with E-state index >= 15 is 0 Å². The fourth-order valence-electron chi connectivity index (χ4n) is 3.65. The summed E-state index contributed by atoms with van der Waals surface area (Å²) in [6.07, 6.45) is 2.34. The zero-order valence-electron chi connectivity index (χ0n) is 15.6. The van der Waals surface area contributed by atoms with Crippen LogP contribution in [0, 0.1) is 5.82 Å². The van der Waals surface area contributed by atoms with Gasteiger partial charge in [0.15, 0.2) is 5.58 Å². The molecule has 0 radical (unpaired) electrons. The van der Waals surface area contributed by atoms with Crippen molar-refractivity contribution in [1.29, 1.82) is 0 Å². The highest BCUT2D eigenvalue weighted by Gasteiger charge is 2.27. The number of nitrogens with one attached hydrogen (secondary N) is 1. The third-order valence-corrected chi connectivity index (χ3v) is 6.90. The topological polar surface area (TPSA) is 75.4 Å². The number of likely N-dealkylation sites (tertiary alicyclic amines) is 1. The second-order valence-corrected chi connectivity index (χ2v) is 9.39. The van der Waals surface area contributed by atoms with E-state index in [-0.39, 0.29) is 16.8 Å². The molecule has 0 bridgehead atoms. The first kappa shape index (κ1) is 20.3. The number of rotatable bonds is 7. The van der Waals surface area contributed by atoms with Crippen LogP contribution in [-0.2, 0) is 16.4 Å². The molecule has 1 aliphatic heterocycles. The van der Waals surface area contributed by atoms with Gasteiger partial charge in [-0.25, -0.2) is 17.5 Å². The van der Waals surface area contributed by atoms with Crippen molar-refractivity contribution in [2.75, 3.05) is 19.6 Å². The highest BCUT2D eigenvalue weighted by molar-refractivity contribution is 7.89. The van der Waals surface area contributed by atoms with Crippen molar-refractivity contribution < 1.29 is 17.3 Å². The van der Waals surface area contributed by atoms with Crippen LogP contribution >= 0.6 is 11.6 Å². The Hall–Kier alpha value is -2.00. The molecule has 1 fully saturated rings. The monoisotopic (exact) mass is 437 g/mol. The Bertz CT molecular complexity index is 1100. The first-order valence-corrected chi connectivity index (χ1v) is 11.3. The van der Waals surface area contributed by atoms with Gasteiger partial charge >= 0.3 is 0 Å². The predicted molar refractivity (Wildman–Crippen MR) is 109 cm³/mol. The van der Waals surface area contributed by atoms with Crippen LogP contribution in [0.15, 0.2) is 51.9 Å². The van der Waals surface area contributed by atoms with Crippen molar-refractivity contribution in [2.45, 2.75) is 30.2 Å². The molecule has 1 unspecified atom stereocenters. The van der Waals surface area contributed by atoms with Gasteiger partial charge < -0.3 is 9.42 Å². The summed E-state index contributed by atoms with van der Waals surface area (Å²) in [6, 6.07) is 10.5. The highest BCUT2D eigenvalue weighted by Crippen LogP contribution is 2.21. The summed E-state index contributed by atoms with van der Waals surface area (Å²) >= 11 is 5.83. The largest absolute Gasteiger partial charge is 0.356 e. The molecule has 0 aliphatic carbocycles. The number of hydrogen-bond donors (Lipinski definition) is 1. The summed E-state index contributed by atoms with van der Waals surface area (Å²) in [5.74, 6) is -0.343. The first-order valence-electron chi connectivity index (χ1n) is 9.45. The fourth-order valence-corrected chi connectivity index (χ4v) is 5.03. The number of sulfonamides is 1. The van der Waals surface area contributed by atoms with E-state index in [1.165, 1.54) is 24.3 Å². The summed E-state index contributed by atoms with van der Waals surface area (Å²) in [5.41, 5.74) is 1.28. The van der Waals surface area contributed by atoms with E-state index in [1.807, 2.05) is 0 Å². The Labute approximate surface area is 173 Å². The van der Waals surface area contributed by atoms with Crippen LogP contribution in [0.1, 0.15) is 18.5 Å². The number of benzene rings is 2. The van der Waals surface area contributed by atoms with Gasteiger partial charge in [0.25, 0.3) is 0 Å². The molecule has 9 heteroatoms. The van der Waals surface area contributed by atoms with Gasteiger partial charge in [0.05, 0.1) is 10.6 Å². The Morgan fingerprint density at radius 1 is 1.24 bits per heavy atom. The van der Waals surface area contributed by atoms with Gasteiger partial charge in [0.2, 0.25) is 10.0 Å². The van der Waals surface area contributed by atoms with E-state index < -0.39 is 10.0 Å². The third-order valence-electron chi connectivity index (χ3n) is 5.11. The lowest BCUT2D eigenvalue weighted by atomic mass is 10.1. The van der Waals surface area contributed by atoms with Crippen LogP contribution in [-0.4, -0.2) is 44.2 Å². The van der Waals surface area contributed by atoms with Gasteiger partial charge in [0, 0.05) is 29.1 Å².